The first-order valence-electron chi connectivity index (χ1n) is 3.51. The van der Waals surface area contributed by atoms with Crippen molar-refractivity contribution in [2.24, 2.45) is 5.73 Å². The van der Waals surface area contributed by atoms with Crippen LogP contribution >= 0.6 is 24.0 Å². The number of rotatable bonds is 1. The maximum absolute atomic E-state index is 12.1. The number of hydrogen-bond acceptors (Lipinski definition) is 1. The third-order valence-corrected chi connectivity index (χ3v) is 1.95. The maximum atomic E-state index is 12.1. The molecule has 2 N–H and O–H groups in total. The van der Waals surface area contributed by atoms with Crippen LogP contribution in [0.25, 0.3) is 0 Å². The normalized spacial score (nSPS) is 10.9. The summed E-state index contributed by atoms with van der Waals surface area (Å²) in [5, 5.41) is 0.0531. The van der Waals surface area contributed by atoms with Crippen LogP contribution in [0.2, 0.25) is 5.02 Å². The first kappa shape index (κ1) is 13.5. The molecule has 0 fully saturated rings. The molecule has 0 spiro atoms. The number of halogens is 5. The first-order chi connectivity index (χ1) is 5.95. The van der Waals surface area contributed by atoms with E-state index in [0.717, 1.165) is 12.1 Å². The number of hydrogen-bond donors (Lipinski definition) is 1. The molecule has 14 heavy (non-hydrogen) atoms. The number of alkyl halides is 3. The Balaban J connectivity index is 0.00000169. The molecule has 0 amide bonds. The largest absolute Gasteiger partial charge is 0.416 e. The fraction of sp³-hybridized carbons (Fsp3) is 0.250. The zero-order chi connectivity index (χ0) is 10.1. The van der Waals surface area contributed by atoms with Gasteiger partial charge in [0.2, 0.25) is 0 Å². The van der Waals surface area contributed by atoms with Crippen molar-refractivity contribution >= 4 is 24.0 Å². The Bertz CT molecular complexity index is 312. The molecule has 0 aromatic heterocycles. The van der Waals surface area contributed by atoms with Crippen molar-refractivity contribution in [2.45, 2.75) is 12.7 Å². The van der Waals surface area contributed by atoms with Crippen molar-refractivity contribution < 1.29 is 13.2 Å². The summed E-state index contributed by atoms with van der Waals surface area (Å²) in [5.74, 6) is 0. The minimum absolute atomic E-state index is 0. The summed E-state index contributed by atoms with van der Waals surface area (Å²) in [6, 6.07) is 3.13. The summed E-state index contributed by atoms with van der Waals surface area (Å²) in [5.41, 5.74) is 5.00. The number of nitrogens with two attached hydrogens (primary N) is 1. The highest BCUT2D eigenvalue weighted by molar-refractivity contribution is 6.31. The van der Waals surface area contributed by atoms with Crippen molar-refractivity contribution in [2.75, 3.05) is 0 Å². The summed E-state index contributed by atoms with van der Waals surface area (Å²) in [6.07, 6.45) is -4.35. The molecule has 0 aliphatic carbocycles. The second-order valence-electron chi connectivity index (χ2n) is 2.51. The molecule has 0 atom stereocenters. The van der Waals surface area contributed by atoms with Crippen molar-refractivity contribution in [1.82, 2.24) is 0 Å². The van der Waals surface area contributed by atoms with Crippen molar-refractivity contribution in [3.05, 3.63) is 34.3 Å². The minimum atomic E-state index is -4.35. The Morgan fingerprint density at radius 1 is 1.29 bits per heavy atom. The van der Waals surface area contributed by atoms with Crippen molar-refractivity contribution in [3.8, 4) is 0 Å². The van der Waals surface area contributed by atoms with Crippen LogP contribution in [0.5, 0.6) is 0 Å². The molecule has 0 bridgehead atoms. The van der Waals surface area contributed by atoms with Gasteiger partial charge in [-0.3, -0.25) is 0 Å². The maximum Gasteiger partial charge on any atom is 0.416 e. The van der Waals surface area contributed by atoms with E-state index < -0.39 is 11.7 Å². The van der Waals surface area contributed by atoms with Crippen LogP contribution in [0.3, 0.4) is 0 Å². The lowest BCUT2D eigenvalue weighted by atomic mass is 10.1. The summed E-state index contributed by atoms with van der Waals surface area (Å²) in [4.78, 5) is 0. The van der Waals surface area contributed by atoms with E-state index >= 15 is 0 Å². The molecule has 6 heteroatoms. The monoisotopic (exact) mass is 245 g/mol. The molecule has 0 heterocycles. The van der Waals surface area contributed by atoms with Crippen LogP contribution in [0.1, 0.15) is 11.1 Å². The van der Waals surface area contributed by atoms with Gasteiger partial charge in [-0.25, -0.2) is 0 Å². The van der Waals surface area contributed by atoms with Gasteiger partial charge in [0.15, 0.2) is 0 Å². The van der Waals surface area contributed by atoms with Gasteiger partial charge in [-0.15, -0.1) is 12.4 Å². The molecule has 1 aromatic carbocycles. The summed E-state index contributed by atoms with van der Waals surface area (Å²) >= 11 is 5.56. The summed E-state index contributed by atoms with van der Waals surface area (Å²) < 4.78 is 36.3. The van der Waals surface area contributed by atoms with E-state index in [9.17, 15) is 13.2 Å². The van der Waals surface area contributed by atoms with Crippen LogP contribution in [-0.2, 0) is 12.7 Å². The molecule has 0 aliphatic rings. The molecule has 0 saturated heterocycles. The van der Waals surface area contributed by atoms with Crippen LogP contribution in [0, 0.1) is 0 Å². The Hall–Kier alpha value is -0.450. The predicted octanol–water partition coefficient (Wildman–Crippen LogP) is 3.24. The Labute approximate surface area is 90.5 Å². The molecule has 1 aromatic rings. The van der Waals surface area contributed by atoms with Gasteiger partial charge in [0.25, 0.3) is 0 Å². The highest BCUT2D eigenvalue weighted by atomic mass is 35.5. The molecule has 0 unspecified atom stereocenters. The quantitative estimate of drug-likeness (QED) is 0.808. The molecular weight excluding hydrogens is 238 g/mol. The Morgan fingerprint density at radius 2 is 1.86 bits per heavy atom. The van der Waals surface area contributed by atoms with Gasteiger partial charge in [0, 0.05) is 11.6 Å². The van der Waals surface area contributed by atoms with E-state index in [4.69, 9.17) is 17.3 Å². The smallest absolute Gasteiger partial charge is 0.326 e. The van der Waals surface area contributed by atoms with E-state index in [1.807, 2.05) is 0 Å². The first-order valence-corrected chi connectivity index (χ1v) is 3.88. The fourth-order valence-electron chi connectivity index (χ4n) is 0.889. The highest BCUT2D eigenvalue weighted by Crippen LogP contribution is 2.31. The van der Waals surface area contributed by atoms with E-state index in [-0.39, 0.29) is 24.0 Å². The van der Waals surface area contributed by atoms with E-state index in [1.54, 1.807) is 0 Å². The Kier molecular flexibility index (Phi) is 4.71. The lowest BCUT2D eigenvalue weighted by molar-refractivity contribution is -0.137. The minimum Gasteiger partial charge on any atom is -0.326 e. The fourth-order valence-corrected chi connectivity index (χ4v) is 1.15. The topological polar surface area (TPSA) is 26.0 Å². The van der Waals surface area contributed by atoms with E-state index in [2.05, 4.69) is 0 Å². The second-order valence-corrected chi connectivity index (χ2v) is 2.92. The molecule has 1 rings (SSSR count). The third kappa shape index (κ3) is 3.04. The van der Waals surface area contributed by atoms with E-state index in [0.29, 0.717) is 5.56 Å². The SMILES string of the molecule is Cl.NCc1ccc(C(F)(F)F)cc1Cl. The lowest BCUT2D eigenvalue weighted by Crippen LogP contribution is -2.06. The van der Waals surface area contributed by atoms with Crippen LogP contribution in [-0.4, -0.2) is 0 Å². The highest BCUT2D eigenvalue weighted by Gasteiger charge is 2.30. The lowest BCUT2D eigenvalue weighted by Gasteiger charge is -2.08. The average molecular weight is 246 g/mol. The molecule has 80 valence electrons. The molecular formula is C8H8Cl2F3N. The van der Waals surface area contributed by atoms with Gasteiger partial charge in [-0.05, 0) is 17.7 Å². The van der Waals surface area contributed by atoms with Crippen molar-refractivity contribution in [1.29, 1.82) is 0 Å². The van der Waals surface area contributed by atoms with Crippen LogP contribution in [0.15, 0.2) is 18.2 Å². The summed E-state index contributed by atoms with van der Waals surface area (Å²) in [6.45, 7) is 0.136. The zero-order valence-corrected chi connectivity index (χ0v) is 8.51. The van der Waals surface area contributed by atoms with E-state index in [1.165, 1.54) is 6.07 Å². The average Bonchev–Trinajstić information content (AvgIpc) is 2.02. The Morgan fingerprint density at radius 3 is 2.21 bits per heavy atom. The summed E-state index contributed by atoms with van der Waals surface area (Å²) in [7, 11) is 0. The molecule has 0 radical (unpaired) electrons. The molecule has 1 nitrogen and oxygen atoms in total. The van der Waals surface area contributed by atoms with Gasteiger partial charge in [0.05, 0.1) is 5.56 Å². The van der Waals surface area contributed by atoms with Gasteiger partial charge in [-0.2, -0.15) is 13.2 Å². The van der Waals surface area contributed by atoms with Crippen molar-refractivity contribution in [3.63, 3.8) is 0 Å². The van der Waals surface area contributed by atoms with Gasteiger partial charge in [0.1, 0.15) is 0 Å². The van der Waals surface area contributed by atoms with Gasteiger partial charge < -0.3 is 5.73 Å². The van der Waals surface area contributed by atoms with Gasteiger partial charge >= 0.3 is 6.18 Å². The zero-order valence-electron chi connectivity index (χ0n) is 6.94. The van der Waals surface area contributed by atoms with Crippen LogP contribution in [0.4, 0.5) is 13.2 Å². The number of benzene rings is 1. The molecule has 0 aliphatic heterocycles. The predicted molar refractivity (Wildman–Crippen MR) is 51.6 cm³/mol. The van der Waals surface area contributed by atoms with Crippen LogP contribution < -0.4 is 5.73 Å². The third-order valence-electron chi connectivity index (χ3n) is 1.60. The second kappa shape index (κ2) is 4.87. The van der Waals surface area contributed by atoms with Gasteiger partial charge in [-0.1, -0.05) is 17.7 Å². The standard InChI is InChI=1S/C8H7ClF3N.ClH/c9-7-3-6(8(10,11)12)2-1-5(7)4-13;/h1-3H,4,13H2;1H. The molecule has 0 saturated carbocycles.